The average molecular weight is 291 g/mol. The maximum absolute atomic E-state index is 12.2. The number of carbonyl (C=O) groups excluding carboxylic acids is 1. The maximum Gasteiger partial charge on any atom is 0.329 e. The Hall–Kier alpha value is -2.08. The zero-order valence-electron chi connectivity index (χ0n) is 12.5. The molecule has 114 valence electrons. The molecule has 0 aliphatic heterocycles. The van der Waals surface area contributed by atoms with Gasteiger partial charge >= 0.3 is 5.69 Å². The van der Waals surface area contributed by atoms with Crippen molar-refractivity contribution in [3.8, 4) is 0 Å². The number of fused-ring (bicyclic) bond motifs is 1. The van der Waals surface area contributed by atoms with Crippen molar-refractivity contribution in [1.29, 1.82) is 0 Å². The number of amides is 1. The van der Waals surface area contributed by atoms with E-state index in [1.807, 2.05) is 31.2 Å². The number of benzene rings is 1. The highest BCUT2D eigenvalue weighted by atomic mass is 16.5. The molecule has 2 aromatic rings. The number of aryl methyl sites for hydroxylation is 1. The lowest BCUT2D eigenvalue weighted by Crippen LogP contribution is -2.33. The lowest BCUT2D eigenvalue weighted by Gasteiger charge is -2.06. The molecule has 6 nitrogen and oxygen atoms in total. The molecule has 0 saturated carbocycles. The normalized spacial score (nSPS) is 11.0. The molecule has 0 spiro atoms. The monoisotopic (exact) mass is 291 g/mol. The van der Waals surface area contributed by atoms with Gasteiger partial charge in [0.05, 0.1) is 11.0 Å². The molecule has 0 aliphatic carbocycles. The van der Waals surface area contributed by atoms with E-state index in [0.717, 1.165) is 17.5 Å². The Morgan fingerprint density at radius 3 is 2.71 bits per heavy atom. The Bertz CT molecular complexity index is 672. The number of hydrogen-bond acceptors (Lipinski definition) is 3. The minimum Gasteiger partial charge on any atom is -0.382 e. The smallest absolute Gasteiger partial charge is 0.329 e. The summed E-state index contributed by atoms with van der Waals surface area (Å²) in [5.41, 5.74) is 1.42. The zero-order chi connectivity index (χ0) is 15.2. The van der Waals surface area contributed by atoms with Crippen LogP contribution in [0.15, 0.2) is 29.1 Å². The van der Waals surface area contributed by atoms with E-state index in [4.69, 9.17) is 4.74 Å². The molecule has 21 heavy (non-hydrogen) atoms. The van der Waals surface area contributed by atoms with Crippen molar-refractivity contribution in [2.75, 3.05) is 19.8 Å². The van der Waals surface area contributed by atoms with E-state index in [1.54, 1.807) is 11.6 Å². The van der Waals surface area contributed by atoms with E-state index in [2.05, 4.69) is 5.32 Å². The van der Waals surface area contributed by atoms with Crippen LogP contribution in [0.25, 0.3) is 11.0 Å². The fraction of sp³-hybridized carbons (Fsp3) is 0.467. The van der Waals surface area contributed by atoms with Crippen LogP contribution in [0, 0.1) is 0 Å². The first-order valence-corrected chi connectivity index (χ1v) is 7.14. The van der Waals surface area contributed by atoms with Crippen molar-refractivity contribution < 1.29 is 9.53 Å². The topological polar surface area (TPSA) is 65.3 Å². The summed E-state index contributed by atoms with van der Waals surface area (Å²) in [5.74, 6) is -0.162. The molecular weight excluding hydrogens is 270 g/mol. The SMILES string of the molecule is CCOCCCNC(=O)Cn1c(=O)n(C)c2ccccc21. The number of ether oxygens (including phenoxy) is 1. The van der Waals surface area contributed by atoms with Crippen LogP contribution in [0.5, 0.6) is 0 Å². The standard InChI is InChI=1S/C15H21N3O3/c1-3-21-10-6-9-16-14(19)11-18-13-8-5-4-7-12(13)17(2)15(18)20/h4-5,7-8H,3,6,9-11H2,1-2H3,(H,16,19). The van der Waals surface area contributed by atoms with Crippen LogP contribution in [0.4, 0.5) is 0 Å². The van der Waals surface area contributed by atoms with E-state index >= 15 is 0 Å². The van der Waals surface area contributed by atoms with E-state index in [-0.39, 0.29) is 18.1 Å². The van der Waals surface area contributed by atoms with E-state index in [0.29, 0.717) is 19.8 Å². The summed E-state index contributed by atoms with van der Waals surface area (Å²) in [6.45, 7) is 3.84. The first-order valence-electron chi connectivity index (χ1n) is 7.14. The number of carbonyl (C=O) groups is 1. The van der Waals surface area contributed by atoms with Crippen molar-refractivity contribution in [2.24, 2.45) is 7.05 Å². The summed E-state index contributed by atoms with van der Waals surface area (Å²) < 4.78 is 8.25. The molecule has 2 rings (SSSR count). The lowest BCUT2D eigenvalue weighted by atomic mass is 10.3. The van der Waals surface area contributed by atoms with Crippen molar-refractivity contribution in [2.45, 2.75) is 19.9 Å². The third kappa shape index (κ3) is 3.52. The van der Waals surface area contributed by atoms with Crippen molar-refractivity contribution >= 4 is 16.9 Å². The molecule has 0 fully saturated rings. The molecule has 1 N–H and O–H groups in total. The highest BCUT2D eigenvalue weighted by Gasteiger charge is 2.12. The van der Waals surface area contributed by atoms with Gasteiger partial charge < -0.3 is 10.1 Å². The number of nitrogens with zero attached hydrogens (tertiary/aromatic N) is 2. The maximum atomic E-state index is 12.2. The van der Waals surface area contributed by atoms with Crippen molar-refractivity contribution in [1.82, 2.24) is 14.5 Å². The average Bonchev–Trinajstić information content (AvgIpc) is 2.73. The molecule has 0 unspecified atom stereocenters. The van der Waals surface area contributed by atoms with Gasteiger partial charge in [0.15, 0.2) is 0 Å². The number of hydrogen-bond donors (Lipinski definition) is 1. The van der Waals surface area contributed by atoms with E-state index < -0.39 is 0 Å². The molecule has 0 aliphatic rings. The Balaban J connectivity index is 2.01. The summed E-state index contributed by atoms with van der Waals surface area (Å²) in [6.07, 6.45) is 0.768. The van der Waals surface area contributed by atoms with Gasteiger partial charge in [-0.1, -0.05) is 12.1 Å². The number of imidazole rings is 1. The van der Waals surface area contributed by atoms with Crippen molar-refractivity contribution in [3.63, 3.8) is 0 Å². The van der Waals surface area contributed by atoms with Crippen LogP contribution in [-0.4, -0.2) is 34.8 Å². The van der Waals surface area contributed by atoms with Crippen LogP contribution < -0.4 is 11.0 Å². The summed E-state index contributed by atoms with van der Waals surface area (Å²) in [6, 6.07) is 7.45. The fourth-order valence-electron chi connectivity index (χ4n) is 2.26. The van der Waals surface area contributed by atoms with Gasteiger partial charge in [-0.25, -0.2) is 4.79 Å². The van der Waals surface area contributed by atoms with E-state index in [1.165, 1.54) is 4.57 Å². The predicted octanol–water partition coefficient (Wildman–Crippen LogP) is 0.883. The Kier molecular flexibility index (Phi) is 5.16. The van der Waals surface area contributed by atoms with Crippen molar-refractivity contribution in [3.05, 3.63) is 34.7 Å². The third-order valence-electron chi connectivity index (χ3n) is 3.35. The molecule has 0 bridgehead atoms. The Labute approximate surface area is 123 Å². The first kappa shape index (κ1) is 15.3. The fourth-order valence-corrected chi connectivity index (χ4v) is 2.26. The van der Waals surface area contributed by atoms with Gasteiger partial charge in [0, 0.05) is 26.8 Å². The predicted molar refractivity (Wildman–Crippen MR) is 81.3 cm³/mol. The number of nitrogens with one attached hydrogen (secondary N) is 1. The summed E-state index contributed by atoms with van der Waals surface area (Å²) >= 11 is 0. The van der Waals surface area contributed by atoms with Crippen LogP contribution in [0.3, 0.4) is 0 Å². The lowest BCUT2D eigenvalue weighted by molar-refractivity contribution is -0.121. The molecular formula is C15H21N3O3. The number of aromatic nitrogens is 2. The van der Waals surface area contributed by atoms with Gasteiger partial charge in [-0.2, -0.15) is 0 Å². The molecule has 1 amide bonds. The molecule has 6 heteroatoms. The van der Waals surface area contributed by atoms with Gasteiger partial charge in [0.2, 0.25) is 5.91 Å². The largest absolute Gasteiger partial charge is 0.382 e. The molecule has 1 aromatic heterocycles. The first-order chi connectivity index (χ1) is 10.1. The number of rotatable bonds is 7. The zero-order valence-corrected chi connectivity index (χ0v) is 12.5. The van der Waals surface area contributed by atoms with Crippen LogP contribution in [-0.2, 0) is 23.1 Å². The van der Waals surface area contributed by atoms with E-state index in [9.17, 15) is 9.59 Å². The molecule has 0 atom stereocenters. The van der Waals surface area contributed by atoms with Gasteiger partial charge in [-0.15, -0.1) is 0 Å². The Morgan fingerprint density at radius 2 is 2.00 bits per heavy atom. The minimum atomic E-state index is -0.180. The summed E-state index contributed by atoms with van der Waals surface area (Å²) in [5, 5.41) is 2.80. The van der Waals surface area contributed by atoms with Crippen LogP contribution in [0.2, 0.25) is 0 Å². The van der Waals surface area contributed by atoms with Crippen LogP contribution >= 0.6 is 0 Å². The highest BCUT2D eigenvalue weighted by molar-refractivity contribution is 5.80. The third-order valence-corrected chi connectivity index (χ3v) is 3.35. The second-order valence-corrected chi connectivity index (χ2v) is 4.82. The van der Waals surface area contributed by atoms with Gasteiger partial charge in [-0.3, -0.25) is 13.9 Å². The second kappa shape index (κ2) is 7.08. The van der Waals surface area contributed by atoms with Gasteiger partial charge in [0.1, 0.15) is 6.54 Å². The number of para-hydroxylation sites is 2. The summed E-state index contributed by atoms with van der Waals surface area (Å²) in [7, 11) is 1.71. The highest BCUT2D eigenvalue weighted by Crippen LogP contribution is 2.10. The Morgan fingerprint density at radius 1 is 1.29 bits per heavy atom. The molecule has 1 heterocycles. The van der Waals surface area contributed by atoms with Gasteiger partial charge in [0.25, 0.3) is 0 Å². The quantitative estimate of drug-likeness (QED) is 0.770. The second-order valence-electron chi connectivity index (χ2n) is 4.82. The van der Waals surface area contributed by atoms with Crippen LogP contribution in [0.1, 0.15) is 13.3 Å². The minimum absolute atomic E-state index is 0.0365. The van der Waals surface area contributed by atoms with Gasteiger partial charge in [-0.05, 0) is 25.5 Å². The molecule has 0 saturated heterocycles. The molecule has 0 radical (unpaired) electrons. The molecule has 1 aromatic carbocycles. The summed E-state index contributed by atoms with van der Waals surface area (Å²) in [4.78, 5) is 24.1.